The highest BCUT2D eigenvalue weighted by molar-refractivity contribution is 14.0. The highest BCUT2D eigenvalue weighted by atomic mass is 127. The summed E-state index contributed by atoms with van der Waals surface area (Å²) in [4.78, 5) is 21.5. The Hall–Kier alpha value is -0.570. The van der Waals surface area contributed by atoms with Crippen molar-refractivity contribution in [2.45, 2.75) is 45.1 Å². The normalized spacial score (nSPS) is 25.6. The van der Waals surface area contributed by atoms with Gasteiger partial charge in [-0.05, 0) is 51.5 Å². The number of guanidine groups is 1. The van der Waals surface area contributed by atoms with E-state index in [-0.39, 0.29) is 35.9 Å². The third-order valence-electron chi connectivity index (χ3n) is 5.54. The van der Waals surface area contributed by atoms with Crippen molar-refractivity contribution in [3.05, 3.63) is 0 Å². The lowest BCUT2D eigenvalue weighted by Crippen LogP contribution is -2.46. The fourth-order valence-corrected chi connectivity index (χ4v) is 3.92. The van der Waals surface area contributed by atoms with Crippen molar-refractivity contribution >= 4 is 35.9 Å². The maximum absolute atomic E-state index is 11.7. The molecular weight excluding hydrogens is 431 g/mol. The summed E-state index contributed by atoms with van der Waals surface area (Å²) in [6, 6.07) is 0.879. The first kappa shape index (κ1) is 20.7. The largest absolute Gasteiger partial charge is 0.469 e. The van der Waals surface area contributed by atoms with Gasteiger partial charge in [0.2, 0.25) is 0 Å². The van der Waals surface area contributed by atoms with E-state index in [9.17, 15) is 4.79 Å². The van der Waals surface area contributed by atoms with Crippen molar-refractivity contribution in [1.82, 2.24) is 15.1 Å². The number of aliphatic imine (C=N–C) groups is 1. The van der Waals surface area contributed by atoms with E-state index in [1.807, 2.05) is 0 Å². The fraction of sp³-hybridized carbons (Fsp3) is 0.889. The lowest BCUT2D eigenvalue weighted by atomic mass is 9.97. The Morgan fingerprint density at radius 1 is 1.16 bits per heavy atom. The van der Waals surface area contributed by atoms with E-state index in [2.05, 4.69) is 22.0 Å². The molecule has 2 saturated heterocycles. The van der Waals surface area contributed by atoms with E-state index in [4.69, 9.17) is 9.73 Å². The highest BCUT2D eigenvalue weighted by Crippen LogP contribution is 2.31. The van der Waals surface area contributed by atoms with Crippen molar-refractivity contribution in [2.24, 2.45) is 16.8 Å². The average Bonchev–Trinajstić information content (AvgIpc) is 3.36. The minimum Gasteiger partial charge on any atom is -0.469 e. The number of carbonyl (C=O) groups excluding carboxylic acids is 1. The summed E-state index contributed by atoms with van der Waals surface area (Å²) >= 11 is 0. The van der Waals surface area contributed by atoms with Crippen LogP contribution in [-0.4, -0.2) is 74.1 Å². The summed E-state index contributed by atoms with van der Waals surface area (Å²) in [6.07, 6.45) is 5.79. The Morgan fingerprint density at radius 2 is 1.88 bits per heavy atom. The molecule has 1 atom stereocenters. The Kier molecular flexibility index (Phi) is 8.25. The van der Waals surface area contributed by atoms with Gasteiger partial charge in [0.25, 0.3) is 0 Å². The van der Waals surface area contributed by atoms with Crippen LogP contribution in [0.15, 0.2) is 4.99 Å². The third kappa shape index (κ3) is 5.70. The standard InChI is InChI=1S/C18H32N4O2.HI/c1-3-19-18(21-10-7-15(8-11-21)17(23)24-2)20-12-14-6-9-22(13-14)16-4-5-16;/h14-16H,3-13H2,1-2H3,(H,19,20);1H. The van der Waals surface area contributed by atoms with Crippen LogP contribution in [0.5, 0.6) is 0 Å². The number of hydrogen-bond donors (Lipinski definition) is 1. The van der Waals surface area contributed by atoms with Crippen LogP contribution >= 0.6 is 24.0 Å². The van der Waals surface area contributed by atoms with Gasteiger partial charge >= 0.3 is 5.97 Å². The molecule has 0 bridgehead atoms. The lowest BCUT2D eigenvalue weighted by Gasteiger charge is -2.33. The van der Waals surface area contributed by atoms with Crippen LogP contribution in [0, 0.1) is 11.8 Å². The van der Waals surface area contributed by atoms with E-state index in [0.29, 0.717) is 5.92 Å². The average molecular weight is 464 g/mol. The molecule has 1 saturated carbocycles. The number of hydrogen-bond acceptors (Lipinski definition) is 4. The van der Waals surface area contributed by atoms with Gasteiger partial charge in [-0.3, -0.25) is 9.79 Å². The van der Waals surface area contributed by atoms with Gasteiger partial charge in [-0.25, -0.2) is 0 Å². The van der Waals surface area contributed by atoms with Gasteiger partial charge in [0.1, 0.15) is 0 Å². The zero-order valence-electron chi connectivity index (χ0n) is 15.6. The molecule has 3 fully saturated rings. The molecule has 1 unspecified atom stereocenters. The van der Waals surface area contributed by atoms with E-state index in [0.717, 1.165) is 51.0 Å². The smallest absolute Gasteiger partial charge is 0.308 e. The summed E-state index contributed by atoms with van der Waals surface area (Å²) in [7, 11) is 1.48. The first-order valence-electron chi connectivity index (χ1n) is 9.56. The quantitative estimate of drug-likeness (QED) is 0.292. The van der Waals surface area contributed by atoms with Gasteiger partial charge in [-0.2, -0.15) is 0 Å². The zero-order chi connectivity index (χ0) is 16.9. The number of nitrogens with one attached hydrogen (secondary N) is 1. The molecular formula is C18H33IN4O2. The molecule has 0 aromatic heterocycles. The van der Waals surface area contributed by atoms with Crippen LogP contribution < -0.4 is 5.32 Å². The predicted molar refractivity (Wildman–Crippen MR) is 110 cm³/mol. The minimum absolute atomic E-state index is 0. The third-order valence-corrected chi connectivity index (χ3v) is 5.54. The van der Waals surface area contributed by atoms with Crippen molar-refractivity contribution in [3.63, 3.8) is 0 Å². The van der Waals surface area contributed by atoms with Gasteiger partial charge < -0.3 is 19.9 Å². The van der Waals surface area contributed by atoms with Crippen LogP contribution in [0.1, 0.15) is 39.0 Å². The van der Waals surface area contributed by atoms with E-state index in [1.165, 1.54) is 39.5 Å². The van der Waals surface area contributed by atoms with Crippen LogP contribution in [0.25, 0.3) is 0 Å². The van der Waals surface area contributed by atoms with Crippen molar-refractivity contribution < 1.29 is 9.53 Å². The zero-order valence-corrected chi connectivity index (χ0v) is 17.9. The fourth-order valence-electron chi connectivity index (χ4n) is 3.92. The number of piperidine rings is 1. The Labute approximate surface area is 168 Å². The van der Waals surface area contributed by atoms with E-state index >= 15 is 0 Å². The molecule has 2 heterocycles. The summed E-state index contributed by atoms with van der Waals surface area (Å²) in [5, 5.41) is 3.43. The summed E-state index contributed by atoms with van der Waals surface area (Å²) in [6.45, 7) is 8.15. The Bertz CT molecular complexity index is 462. The van der Waals surface area contributed by atoms with Gasteiger partial charge in [-0.1, -0.05) is 0 Å². The monoisotopic (exact) mass is 464 g/mol. The molecule has 1 aliphatic carbocycles. The Morgan fingerprint density at radius 3 is 2.48 bits per heavy atom. The molecule has 0 aromatic carbocycles. The summed E-state index contributed by atoms with van der Waals surface area (Å²) in [5.74, 6) is 1.70. The number of nitrogens with zero attached hydrogens (tertiary/aromatic N) is 3. The van der Waals surface area contributed by atoms with Crippen LogP contribution in [0.4, 0.5) is 0 Å². The molecule has 3 aliphatic rings. The topological polar surface area (TPSA) is 57.2 Å². The summed E-state index contributed by atoms with van der Waals surface area (Å²) in [5.41, 5.74) is 0. The first-order chi connectivity index (χ1) is 11.7. The molecule has 1 N–H and O–H groups in total. The first-order valence-corrected chi connectivity index (χ1v) is 9.56. The number of esters is 1. The van der Waals surface area contributed by atoms with E-state index in [1.54, 1.807) is 0 Å². The second-order valence-electron chi connectivity index (χ2n) is 7.36. The SMILES string of the molecule is CCNC(=NCC1CCN(C2CC2)C1)N1CCC(C(=O)OC)CC1.I. The lowest BCUT2D eigenvalue weighted by molar-refractivity contribution is -0.146. The second-order valence-corrected chi connectivity index (χ2v) is 7.36. The predicted octanol–water partition coefficient (Wildman–Crippen LogP) is 1.94. The number of carbonyl (C=O) groups is 1. The number of ether oxygens (including phenoxy) is 1. The Balaban J connectivity index is 0.00000225. The second kappa shape index (κ2) is 9.94. The van der Waals surface area contributed by atoms with Gasteiger partial charge in [0.05, 0.1) is 13.0 Å². The minimum atomic E-state index is -0.0669. The van der Waals surface area contributed by atoms with E-state index < -0.39 is 0 Å². The molecule has 6 nitrogen and oxygen atoms in total. The number of halogens is 1. The van der Waals surface area contributed by atoms with Crippen molar-refractivity contribution in [2.75, 3.05) is 46.4 Å². The highest BCUT2D eigenvalue weighted by Gasteiger charge is 2.34. The van der Waals surface area contributed by atoms with Crippen LogP contribution in [-0.2, 0) is 9.53 Å². The van der Waals surface area contributed by atoms with Crippen LogP contribution in [0.2, 0.25) is 0 Å². The van der Waals surface area contributed by atoms with Crippen molar-refractivity contribution in [3.8, 4) is 0 Å². The van der Waals surface area contributed by atoms with Gasteiger partial charge in [-0.15, -0.1) is 24.0 Å². The maximum Gasteiger partial charge on any atom is 0.308 e. The maximum atomic E-state index is 11.7. The molecule has 144 valence electrons. The number of likely N-dealkylation sites (tertiary alicyclic amines) is 2. The number of methoxy groups -OCH3 is 1. The van der Waals surface area contributed by atoms with Gasteiger partial charge in [0.15, 0.2) is 5.96 Å². The number of rotatable bonds is 5. The molecule has 3 rings (SSSR count). The molecule has 0 radical (unpaired) electrons. The molecule has 0 aromatic rings. The van der Waals surface area contributed by atoms with Crippen molar-refractivity contribution in [1.29, 1.82) is 0 Å². The molecule has 0 spiro atoms. The van der Waals surface area contributed by atoms with Gasteiger partial charge in [0, 0.05) is 38.8 Å². The molecule has 7 heteroatoms. The van der Waals surface area contributed by atoms with Crippen LogP contribution in [0.3, 0.4) is 0 Å². The molecule has 2 aliphatic heterocycles. The molecule has 25 heavy (non-hydrogen) atoms. The summed E-state index contributed by atoms with van der Waals surface area (Å²) < 4.78 is 4.87. The molecule has 0 amide bonds.